The highest BCUT2D eigenvalue weighted by molar-refractivity contribution is 5.80. The first kappa shape index (κ1) is 15.4. The van der Waals surface area contributed by atoms with Gasteiger partial charge < -0.3 is 10.1 Å². The van der Waals surface area contributed by atoms with Crippen molar-refractivity contribution in [2.45, 2.75) is 19.9 Å². The highest BCUT2D eigenvalue weighted by Gasteiger charge is 2.15. The summed E-state index contributed by atoms with van der Waals surface area (Å²) in [5.41, 5.74) is 3.61. The maximum atomic E-state index is 11.6. The number of nitrogens with one attached hydrogen (secondary N) is 1. The lowest BCUT2D eigenvalue weighted by Gasteiger charge is -1.99. The van der Waals surface area contributed by atoms with Gasteiger partial charge in [-0.15, -0.1) is 0 Å². The average molecular weight is 305 g/mol. The molecule has 2 aromatic heterocycles. The van der Waals surface area contributed by atoms with E-state index in [9.17, 15) is 14.9 Å². The third-order valence-electron chi connectivity index (χ3n) is 2.83. The van der Waals surface area contributed by atoms with Gasteiger partial charge in [0.05, 0.1) is 29.6 Å². The van der Waals surface area contributed by atoms with Crippen LogP contribution in [-0.4, -0.2) is 36.6 Å². The van der Waals surface area contributed by atoms with E-state index in [1.807, 2.05) is 0 Å². The molecule has 2 rings (SSSR count). The summed E-state index contributed by atoms with van der Waals surface area (Å²) in [6.45, 7) is 1.93. The number of hydrogen-bond acceptors (Lipinski definition) is 6. The van der Waals surface area contributed by atoms with Crippen molar-refractivity contribution in [1.82, 2.24) is 25.0 Å². The third-order valence-corrected chi connectivity index (χ3v) is 2.83. The number of carbonyl (C=O) groups excluding carboxylic acids is 1. The number of nitrogens with zero attached hydrogens (tertiary/aromatic N) is 6. The molecule has 0 saturated heterocycles. The summed E-state index contributed by atoms with van der Waals surface area (Å²) in [7, 11) is 1.78. The van der Waals surface area contributed by atoms with Crippen molar-refractivity contribution in [3.63, 3.8) is 0 Å². The van der Waals surface area contributed by atoms with Crippen LogP contribution in [0.25, 0.3) is 0 Å². The predicted molar refractivity (Wildman–Crippen MR) is 77.2 cm³/mol. The number of nitro groups is 1. The minimum Gasteiger partial charge on any atom is -0.358 e. The molecule has 0 aromatic carbocycles. The van der Waals surface area contributed by atoms with Crippen molar-refractivity contribution < 1.29 is 9.72 Å². The summed E-state index contributed by atoms with van der Waals surface area (Å²) in [5.74, 6) is -0.546. The summed E-state index contributed by atoms with van der Waals surface area (Å²) in [6.07, 6.45) is 3.30. The normalized spacial score (nSPS) is 11.0. The van der Waals surface area contributed by atoms with E-state index in [1.165, 1.54) is 17.0 Å². The van der Waals surface area contributed by atoms with Crippen LogP contribution in [0.5, 0.6) is 0 Å². The molecule has 116 valence electrons. The van der Waals surface area contributed by atoms with Gasteiger partial charge in [0.2, 0.25) is 5.91 Å². The van der Waals surface area contributed by atoms with Crippen molar-refractivity contribution in [3.05, 3.63) is 39.8 Å². The molecule has 0 aliphatic rings. The lowest BCUT2D eigenvalue weighted by atomic mass is 10.4. The van der Waals surface area contributed by atoms with Gasteiger partial charge in [-0.1, -0.05) is 0 Å². The fourth-order valence-electron chi connectivity index (χ4n) is 1.74. The van der Waals surface area contributed by atoms with Crippen LogP contribution in [0.2, 0.25) is 0 Å². The topological polar surface area (TPSA) is 120 Å². The first-order valence-electron chi connectivity index (χ1n) is 6.46. The van der Waals surface area contributed by atoms with E-state index in [1.54, 1.807) is 30.9 Å². The molecule has 0 aliphatic heterocycles. The van der Waals surface area contributed by atoms with Gasteiger partial charge in [-0.25, -0.2) is 5.43 Å². The minimum atomic E-state index is -0.569. The molecule has 0 saturated carbocycles. The van der Waals surface area contributed by atoms with Crippen molar-refractivity contribution in [2.75, 3.05) is 0 Å². The number of aryl methyl sites for hydroxylation is 3. The zero-order valence-corrected chi connectivity index (χ0v) is 12.1. The van der Waals surface area contributed by atoms with Crippen LogP contribution in [0.1, 0.15) is 17.8 Å². The number of hydrazone groups is 1. The van der Waals surface area contributed by atoms with Crippen molar-refractivity contribution >= 4 is 17.9 Å². The van der Waals surface area contributed by atoms with E-state index < -0.39 is 4.92 Å². The molecule has 0 bridgehead atoms. The third kappa shape index (κ3) is 3.98. The van der Waals surface area contributed by atoms with E-state index in [0.717, 1.165) is 0 Å². The minimum absolute atomic E-state index is 0.110. The number of carbonyl (C=O) groups is 1. The molecule has 22 heavy (non-hydrogen) atoms. The van der Waals surface area contributed by atoms with Crippen LogP contribution in [0, 0.1) is 17.0 Å². The first-order valence-corrected chi connectivity index (χ1v) is 6.46. The quantitative estimate of drug-likeness (QED) is 0.469. The molecule has 10 nitrogen and oxygen atoms in total. The van der Waals surface area contributed by atoms with Crippen LogP contribution in [0.4, 0.5) is 5.82 Å². The Morgan fingerprint density at radius 1 is 1.55 bits per heavy atom. The Labute approximate surface area is 125 Å². The molecule has 0 spiro atoms. The molecule has 0 aliphatic carbocycles. The van der Waals surface area contributed by atoms with E-state index in [2.05, 4.69) is 20.7 Å². The van der Waals surface area contributed by atoms with Gasteiger partial charge in [0.25, 0.3) is 0 Å². The van der Waals surface area contributed by atoms with Crippen molar-refractivity contribution in [3.8, 4) is 0 Å². The van der Waals surface area contributed by atoms with Gasteiger partial charge in [0, 0.05) is 19.7 Å². The average Bonchev–Trinajstić information content (AvgIpc) is 3.03. The molecule has 0 atom stereocenters. The van der Waals surface area contributed by atoms with E-state index >= 15 is 0 Å². The van der Waals surface area contributed by atoms with Crippen molar-refractivity contribution in [2.24, 2.45) is 12.1 Å². The highest BCUT2D eigenvalue weighted by Crippen LogP contribution is 2.11. The van der Waals surface area contributed by atoms with Gasteiger partial charge in [-0.3, -0.25) is 9.48 Å². The second kappa shape index (κ2) is 6.61. The monoisotopic (exact) mass is 305 g/mol. The molecule has 1 amide bonds. The first-order chi connectivity index (χ1) is 10.5. The van der Waals surface area contributed by atoms with Crippen LogP contribution in [0.15, 0.2) is 23.4 Å². The second-order valence-electron chi connectivity index (χ2n) is 4.58. The van der Waals surface area contributed by atoms with Crippen LogP contribution in [0.3, 0.4) is 0 Å². The Balaban J connectivity index is 1.82. The summed E-state index contributed by atoms with van der Waals surface area (Å²) < 4.78 is 3.04. The van der Waals surface area contributed by atoms with Crippen LogP contribution < -0.4 is 5.43 Å². The second-order valence-corrected chi connectivity index (χ2v) is 4.58. The number of amides is 1. The molecular weight excluding hydrogens is 290 g/mol. The Hall–Kier alpha value is -3.04. The Morgan fingerprint density at radius 3 is 2.91 bits per heavy atom. The van der Waals surface area contributed by atoms with Gasteiger partial charge in [0.1, 0.15) is 5.69 Å². The largest absolute Gasteiger partial charge is 0.390 e. The molecular formula is C12H15N7O3. The maximum absolute atomic E-state index is 11.6. The summed E-state index contributed by atoms with van der Waals surface area (Å²) in [4.78, 5) is 21.7. The molecule has 2 aromatic rings. The molecule has 10 heteroatoms. The SMILES string of the molecule is Cc1cc([N+](=O)[O-])nn1CCC(=O)N/N=C/c1ccn(C)n1. The molecule has 0 radical (unpaired) electrons. The fraction of sp³-hybridized carbons (Fsp3) is 0.333. The van der Waals surface area contributed by atoms with Gasteiger partial charge in [-0.05, 0) is 17.9 Å². The van der Waals surface area contributed by atoms with E-state index in [0.29, 0.717) is 11.4 Å². The highest BCUT2D eigenvalue weighted by atomic mass is 16.6. The van der Waals surface area contributed by atoms with Gasteiger partial charge >= 0.3 is 5.82 Å². The Bertz CT molecular complexity index is 716. The van der Waals surface area contributed by atoms with Gasteiger partial charge in [-0.2, -0.15) is 14.9 Å². The molecule has 0 fully saturated rings. The summed E-state index contributed by atoms with van der Waals surface area (Å²) in [6, 6.07) is 3.11. The zero-order chi connectivity index (χ0) is 16.1. The zero-order valence-electron chi connectivity index (χ0n) is 12.1. The number of rotatable bonds is 6. The van der Waals surface area contributed by atoms with E-state index in [-0.39, 0.29) is 24.7 Å². The lowest BCUT2D eigenvalue weighted by molar-refractivity contribution is -0.389. The smallest absolute Gasteiger partial charge is 0.358 e. The Kier molecular flexibility index (Phi) is 4.61. The predicted octanol–water partition coefficient (Wildman–Crippen LogP) is 0.374. The maximum Gasteiger partial charge on any atom is 0.390 e. The fourth-order valence-corrected chi connectivity index (χ4v) is 1.74. The molecule has 1 N–H and O–H groups in total. The van der Waals surface area contributed by atoms with Crippen LogP contribution >= 0.6 is 0 Å². The summed E-state index contributed by atoms with van der Waals surface area (Å²) in [5, 5.41) is 22.3. The summed E-state index contributed by atoms with van der Waals surface area (Å²) >= 11 is 0. The van der Waals surface area contributed by atoms with Crippen molar-refractivity contribution in [1.29, 1.82) is 0 Å². The van der Waals surface area contributed by atoms with E-state index in [4.69, 9.17) is 0 Å². The lowest BCUT2D eigenvalue weighted by Crippen LogP contribution is -2.20. The standard InChI is InChI=1S/C12H15N7O3/c1-9-7-11(19(21)22)16-18(9)6-4-12(20)14-13-8-10-3-5-17(2)15-10/h3,5,7-8H,4,6H2,1-2H3,(H,14,20)/b13-8+. The number of aromatic nitrogens is 4. The Morgan fingerprint density at radius 2 is 2.32 bits per heavy atom. The molecule has 0 unspecified atom stereocenters. The van der Waals surface area contributed by atoms with Crippen LogP contribution in [-0.2, 0) is 18.4 Å². The van der Waals surface area contributed by atoms with Gasteiger partial charge in [0.15, 0.2) is 0 Å². The molecule has 2 heterocycles. The number of hydrogen-bond donors (Lipinski definition) is 1.